The number of carbonyl (C=O) groups is 2. The normalized spacial score (nSPS) is 10.8. The molecule has 0 unspecified atom stereocenters. The van der Waals surface area contributed by atoms with Crippen LogP contribution in [0.3, 0.4) is 0 Å². The van der Waals surface area contributed by atoms with Crippen molar-refractivity contribution in [3.05, 3.63) is 30.0 Å². The van der Waals surface area contributed by atoms with Crippen LogP contribution in [-0.4, -0.2) is 68.0 Å². The van der Waals surface area contributed by atoms with Gasteiger partial charge < -0.3 is 14.4 Å². The quantitative estimate of drug-likeness (QED) is 0.646. The van der Waals surface area contributed by atoms with E-state index in [1.54, 1.807) is 11.6 Å². The summed E-state index contributed by atoms with van der Waals surface area (Å²) in [6, 6.07) is 2.95. The number of nitrogens with zero attached hydrogens (tertiary/aromatic N) is 4. The summed E-state index contributed by atoms with van der Waals surface area (Å²) in [6.45, 7) is 2.04. The Kier molecular flexibility index (Phi) is 6.88. The molecule has 2 N–H and O–H groups in total. The lowest BCUT2D eigenvalue weighted by molar-refractivity contribution is 0.0823. The maximum absolute atomic E-state index is 12.6. The van der Waals surface area contributed by atoms with Crippen LogP contribution in [0, 0.1) is 0 Å². The average molecular weight is 424 g/mol. The lowest BCUT2D eigenvalue weighted by Crippen LogP contribution is -2.36. The highest BCUT2D eigenvalue weighted by atomic mass is 32.2. The first-order valence-electron chi connectivity index (χ1n) is 8.24. The summed E-state index contributed by atoms with van der Waals surface area (Å²) < 4.78 is 37.1. The zero-order valence-corrected chi connectivity index (χ0v) is 17.0. The van der Waals surface area contributed by atoms with Crippen LogP contribution >= 0.6 is 0 Å². The number of hydrogen-bond donors (Lipinski definition) is 2. The van der Waals surface area contributed by atoms with E-state index in [1.807, 2.05) is 0 Å². The van der Waals surface area contributed by atoms with Gasteiger partial charge in [0.15, 0.2) is 5.03 Å². The monoisotopic (exact) mass is 424 g/mol. The molecule has 0 aliphatic carbocycles. The molecule has 2 rings (SSSR count). The van der Waals surface area contributed by atoms with Crippen molar-refractivity contribution in [2.24, 2.45) is 0 Å². The number of methoxy groups -OCH3 is 1. The molecule has 0 aliphatic heterocycles. The first kappa shape index (κ1) is 21.8. The molecule has 29 heavy (non-hydrogen) atoms. The van der Waals surface area contributed by atoms with Gasteiger partial charge in [0.1, 0.15) is 0 Å². The van der Waals surface area contributed by atoms with Gasteiger partial charge >= 0.3 is 6.03 Å². The first-order chi connectivity index (χ1) is 13.7. The van der Waals surface area contributed by atoms with E-state index in [1.165, 1.54) is 50.5 Å². The number of ether oxygens (including phenoxy) is 2. The number of carbonyl (C=O) groups excluding carboxylic acids is 2. The summed E-state index contributed by atoms with van der Waals surface area (Å²) in [4.78, 5) is 37.1. The van der Waals surface area contributed by atoms with E-state index >= 15 is 0 Å². The van der Waals surface area contributed by atoms with Gasteiger partial charge in [-0.25, -0.2) is 14.5 Å². The molecular formula is C16H20N6O6S. The van der Waals surface area contributed by atoms with E-state index in [0.29, 0.717) is 6.61 Å². The topological polar surface area (TPSA) is 153 Å². The predicted molar refractivity (Wildman–Crippen MR) is 101 cm³/mol. The standard InChI is InChI=1S/C16H20N6O6S/c1-5-28-12-9-11(27-4)18-15(19-12)20-16(24)21-29(25,26)13-10(7-6-8-17-13)14(23)22(2)3/h6-9H,5H2,1-4H3,(H2,18,19,20,21,24). The molecule has 0 radical (unpaired) electrons. The molecule has 0 aliphatic rings. The van der Waals surface area contributed by atoms with Gasteiger partial charge in [0.05, 0.1) is 25.3 Å². The number of hydrogen-bond acceptors (Lipinski definition) is 9. The van der Waals surface area contributed by atoms with Gasteiger partial charge in [0.25, 0.3) is 15.9 Å². The molecular weight excluding hydrogens is 404 g/mol. The van der Waals surface area contributed by atoms with Gasteiger partial charge in [0, 0.05) is 20.3 Å². The molecule has 13 heteroatoms. The second-order valence-corrected chi connectivity index (χ2v) is 7.22. The maximum Gasteiger partial charge on any atom is 0.335 e. The van der Waals surface area contributed by atoms with Crippen LogP contribution in [0.4, 0.5) is 10.7 Å². The minimum Gasteiger partial charge on any atom is -0.481 e. The van der Waals surface area contributed by atoms with E-state index in [2.05, 4.69) is 20.3 Å². The highest BCUT2D eigenvalue weighted by molar-refractivity contribution is 7.90. The fourth-order valence-corrected chi connectivity index (χ4v) is 3.13. The molecule has 0 bridgehead atoms. The smallest absolute Gasteiger partial charge is 0.335 e. The summed E-state index contributed by atoms with van der Waals surface area (Å²) >= 11 is 0. The lowest BCUT2D eigenvalue weighted by atomic mass is 10.2. The van der Waals surface area contributed by atoms with Crippen LogP contribution in [-0.2, 0) is 10.0 Å². The molecule has 0 saturated heterocycles. The van der Waals surface area contributed by atoms with Crippen molar-refractivity contribution in [3.8, 4) is 11.8 Å². The van der Waals surface area contributed by atoms with Gasteiger partial charge in [-0.2, -0.15) is 18.4 Å². The van der Waals surface area contributed by atoms with Crippen molar-refractivity contribution >= 4 is 27.9 Å². The summed E-state index contributed by atoms with van der Waals surface area (Å²) in [5, 5.41) is 1.59. The maximum atomic E-state index is 12.6. The van der Waals surface area contributed by atoms with E-state index in [-0.39, 0.29) is 23.3 Å². The van der Waals surface area contributed by atoms with Crippen molar-refractivity contribution in [1.29, 1.82) is 0 Å². The molecule has 2 aromatic heterocycles. The molecule has 2 heterocycles. The SMILES string of the molecule is CCOc1cc(OC)nc(NC(=O)NS(=O)(=O)c2ncccc2C(=O)N(C)C)n1. The highest BCUT2D eigenvalue weighted by Crippen LogP contribution is 2.18. The summed E-state index contributed by atoms with van der Waals surface area (Å²) in [6.07, 6.45) is 1.19. The number of nitrogens with one attached hydrogen (secondary N) is 2. The molecule has 2 aromatic rings. The van der Waals surface area contributed by atoms with E-state index in [4.69, 9.17) is 9.47 Å². The van der Waals surface area contributed by atoms with Crippen molar-refractivity contribution in [2.75, 3.05) is 33.1 Å². The Balaban J connectivity index is 2.25. The zero-order valence-electron chi connectivity index (χ0n) is 16.2. The third kappa shape index (κ3) is 5.51. The first-order valence-corrected chi connectivity index (χ1v) is 9.72. The van der Waals surface area contributed by atoms with Crippen molar-refractivity contribution in [1.82, 2.24) is 24.6 Å². The van der Waals surface area contributed by atoms with Gasteiger partial charge in [-0.15, -0.1) is 0 Å². The number of pyridine rings is 1. The molecule has 156 valence electrons. The van der Waals surface area contributed by atoms with Crippen LogP contribution in [0.5, 0.6) is 11.8 Å². The Morgan fingerprint density at radius 3 is 2.52 bits per heavy atom. The second-order valence-electron chi connectivity index (χ2n) is 5.62. The third-order valence-electron chi connectivity index (χ3n) is 3.30. The number of anilines is 1. The Hall–Kier alpha value is -3.48. The average Bonchev–Trinajstić information content (AvgIpc) is 2.66. The predicted octanol–water partition coefficient (Wildman–Crippen LogP) is 0.491. The fraction of sp³-hybridized carbons (Fsp3) is 0.312. The van der Waals surface area contributed by atoms with Crippen LogP contribution in [0.1, 0.15) is 17.3 Å². The van der Waals surface area contributed by atoms with Crippen LogP contribution in [0.2, 0.25) is 0 Å². The second kappa shape index (κ2) is 9.14. The molecule has 3 amide bonds. The van der Waals surface area contributed by atoms with Crippen molar-refractivity contribution < 1.29 is 27.5 Å². The molecule has 12 nitrogen and oxygen atoms in total. The van der Waals surface area contributed by atoms with Gasteiger partial charge in [-0.1, -0.05) is 0 Å². The highest BCUT2D eigenvalue weighted by Gasteiger charge is 2.27. The Bertz CT molecular complexity index is 1010. The Morgan fingerprint density at radius 2 is 1.90 bits per heavy atom. The summed E-state index contributed by atoms with van der Waals surface area (Å²) in [7, 11) is -0.185. The van der Waals surface area contributed by atoms with E-state index in [9.17, 15) is 18.0 Å². The van der Waals surface area contributed by atoms with Crippen molar-refractivity contribution in [3.63, 3.8) is 0 Å². The number of urea groups is 1. The van der Waals surface area contributed by atoms with Gasteiger partial charge in [-0.3, -0.25) is 10.1 Å². The van der Waals surface area contributed by atoms with E-state index in [0.717, 1.165) is 0 Å². The largest absolute Gasteiger partial charge is 0.481 e. The molecule has 0 spiro atoms. The number of sulfonamides is 1. The molecule has 0 fully saturated rings. The number of aromatic nitrogens is 3. The number of amides is 3. The third-order valence-corrected chi connectivity index (χ3v) is 4.58. The number of rotatable bonds is 7. The van der Waals surface area contributed by atoms with Gasteiger partial charge in [-0.05, 0) is 19.1 Å². The molecule has 0 aromatic carbocycles. The summed E-state index contributed by atoms with van der Waals surface area (Å²) in [5.74, 6) is -0.603. The molecule has 0 atom stereocenters. The van der Waals surface area contributed by atoms with Crippen LogP contribution in [0.25, 0.3) is 0 Å². The van der Waals surface area contributed by atoms with Crippen LogP contribution < -0.4 is 19.5 Å². The van der Waals surface area contributed by atoms with Gasteiger partial charge in [0.2, 0.25) is 17.7 Å². The molecule has 0 saturated carbocycles. The van der Waals surface area contributed by atoms with Crippen molar-refractivity contribution in [2.45, 2.75) is 11.9 Å². The summed E-state index contributed by atoms with van der Waals surface area (Å²) in [5.41, 5.74) is -0.186. The van der Waals surface area contributed by atoms with E-state index < -0.39 is 27.0 Å². The lowest BCUT2D eigenvalue weighted by Gasteiger charge is -2.14. The van der Waals surface area contributed by atoms with Crippen LogP contribution in [0.15, 0.2) is 29.4 Å². The minimum absolute atomic E-state index is 0.102. The minimum atomic E-state index is -4.46. The Labute approximate surface area is 167 Å². The Morgan fingerprint density at radius 1 is 1.21 bits per heavy atom. The fourth-order valence-electron chi connectivity index (χ4n) is 2.09. The zero-order chi connectivity index (χ0) is 21.6.